The van der Waals surface area contributed by atoms with E-state index < -0.39 is 6.04 Å². The minimum absolute atomic E-state index is 0.0526. The average Bonchev–Trinajstić information content (AvgIpc) is 3.00. The van der Waals surface area contributed by atoms with Gasteiger partial charge >= 0.3 is 0 Å². The Balaban J connectivity index is 1.78. The van der Waals surface area contributed by atoms with E-state index in [4.69, 9.17) is 5.73 Å². The van der Waals surface area contributed by atoms with Crippen LogP contribution in [0.25, 0.3) is 0 Å². The van der Waals surface area contributed by atoms with Gasteiger partial charge in [0.1, 0.15) is 0 Å². The summed E-state index contributed by atoms with van der Waals surface area (Å²) in [5, 5.41) is 0. The summed E-state index contributed by atoms with van der Waals surface area (Å²) in [7, 11) is 0. The fraction of sp³-hybridized carbons (Fsp3) is 0.882. The standard InChI is InChI=1S/C17H31N3O2/c1-17(2,3)15(18)16(22)20-10-6-13(7-11-20)12-14(21)19-8-4-5-9-19/h13,15H,4-12,18H2,1-3H3/t15-/m1/s1. The molecular weight excluding hydrogens is 278 g/mol. The lowest BCUT2D eigenvalue weighted by molar-refractivity contribution is -0.136. The van der Waals surface area contributed by atoms with E-state index in [1.807, 2.05) is 30.6 Å². The van der Waals surface area contributed by atoms with Gasteiger partial charge in [0.25, 0.3) is 0 Å². The van der Waals surface area contributed by atoms with Crippen molar-refractivity contribution >= 4 is 11.8 Å². The molecule has 2 saturated heterocycles. The van der Waals surface area contributed by atoms with Gasteiger partial charge in [-0.25, -0.2) is 0 Å². The van der Waals surface area contributed by atoms with Crippen molar-refractivity contribution in [1.82, 2.24) is 9.80 Å². The van der Waals surface area contributed by atoms with Gasteiger partial charge in [-0.3, -0.25) is 9.59 Å². The summed E-state index contributed by atoms with van der Waals surface area (Å²) in [4.78, 5) is 28.5. The first-order valence-corrected chi connectivity index (χ1v) is 8.61. The van der Waals surface area contributed by atoms with Crippen LogP contribution in [0.3, 0.4) is 0 Å². The minimum atomic E-state index is -0.449. The molecule has 0 saturated carbocycles. The van der Waals surface area contributed by atoms with E-state index in [2.05, 4.69) is 0 Å². The number of hydrogen-bond donors (Lipinski definition) is 1. The van der Waals surface area contributed by atoms with Crippen LogP contribution in [0.4, 0.5) is 0 Å². The van der Waals surface area contributed by atoms with Crippen molar-refractivity contribution in [2.75, 3.05) is 26.2 Å². The molecular formula is C17H31N3O2. The molecule has 5 heteroatoms. The number of amides is 2. The van der Waals surface area contributed by atoms with E-state index >= 15 is 0 Å². The van der Waals surface area contributed by atoms with Crippen LogP contribution >= 0.6 is 0 Å². The normalized spacial score (nSPS) is 22.0. The fourth-order valence-electron chi connectivity index (χ4n) is 3.27. The van der Waals surface area contributed by atoms with Crippen molar-refractivity contribution in [3.63, 3.8) is 0 Å². The SMILES string of the molecule is CC(C)(C)[C@H](N)C(=O)N1CCC(CC(=O)N2CCCC2)CC1. The zero-order chi connectivity index (χ0) is 16.3. The highest BCUT2D eigenvalue weighted by Crippen LogP contribution is 2.25. The molecule has 0 aromatic rings. The Morgan fingerprint density at radius 3 is 2.09 bits per heavy atom. The summed E-state index contributed by atoms with van der Waals surface area (Å²) >= 11 is 0. The van der Waals surface area contributed by atoms with Gasteiger partial charge in [-0.2, -0.15) is 0 Å². The zero-order valence-corrected chi connectivity index (χ0v) is 14.3. The molecule has 22 heavy (non-hydrogen) atoms. The van der Waals surface area contributed by atoms with Crippen LogP contribution < -0.4 is 5.73 Å². The predicted molar refractivity (Wildman–Crippen MR) is 87.2 cm³/mol. The van der Waals surface area contributed by atoms with Crippen molar-refractivity contribution < 1.29 is 9.59 Å². The van der Waals surface area contributed by atoms with Crippen LogP contribution in [0.1, 0.15) is 52.9 Å². The van der Waals surface area contributed by atoms with Gasteiger partial charge in [0, 0.05) is 32.6 Å². The van der Waals surface area contributed by atoms with E-state index in [0.29, 0.717) is 18.2 Å². The van der Waals surface area contributed by atoms with Gasteiger partial charge in [0.05, 0.1) is 6.04 Å². The Kier molecular flexibility index (Phi) is 5.48. The molecule has 2 aliphatic heterocycles. The molecule has 0 bridgehead atoms. The van der Waals surface area contributed by atoms with Gasteiger partial charge < -0.3 is 15.5 Å². The number of hydrogen-bond acceptors (Lipinski definition) is 3. The summed E-state index contributed by atoms with van der Waals surface area (Å²) in [6, 6.07) is -0.449. The Morgan fingerprint density at radius 2 is 1.59 bits per heavy atom. The van der Waals surface area contributed by atoms with Crippen LogP contribution in [-0.2, 0) is 9.59 Å². The third kappa shape index (κ3) is 4.22. The topological polar surface area (TPSA) is 66.6 Å². The number of likely N-dealkylation sites (tertiary alicyclic amines) is 2. The van der Waals surface area contributed by atoms with Gasteiger partial charge in [0.15, 0.2) is 0 Å². The lowest BCUT2D eigenvalue weighted by atomic mass is 9.85. The highest BCUT2D eigenvalue weighted by molar-refractivity contribution is 5.82. The lowest BCUT2D eigenvalue weighted by Gasteiger charge is -2.36. The van der Waals surface area contributed by atoms with Crippen molar-refractivity contribution in [1.29, 1.82) is 0 Å². The minimum Gasteiger partial charge on any atom is -0.343 e. The van der Waals surface area contributed by atoms with Gasteiger partial charge in [0.2, 0.25) is 11.8 Å². The second kappa shape index (κ2) is 6.99. The molecule has 2 heterocycles. The van der Waals surface area contributed by atoms with Crippen LogP contribution in [0.5, 0.6) is 0 Å². The third-order valence-electron chi connectivity index (χ3n) is 5.05. The Morgan fingerprint density at radius 1 is 1.05 bits per heavy atom. The molecule has 0 aromatic heterocycles. The summed E-state index contributed by atoms with van der Waals surface area (Å²) < 4.78 is 0. The highest BCUT2D eigenvalue weighted by atomic mass is 16.2. The van der Waals surface area contributed by atoms with Crippen LogP contribution in [0.15, 0.2) is 0 Å². The lowest BCUT2D eigenvalue weighted by Crippen LogP contribution is -2.52. The van der Waals surface area contributed by atoms with Crippen molar-refractivity contribution in [2.45, 2.75) is 58.9 Å². The smallest absolute Gasteiger partial charge is 0.240 e. The zero-order valence-electron chi connectivity index (χ0n) is 14.3. The Labute approximate surface area is 134 Å². The van der Waals surface area contributed by atoms with Crippen LogP contribution in [0.2, 0.25) is 0 Å². The summed E-state index contributed by atoms with van der Waals surface area (Å²) in [6.07, 6.45) is 4.77. The maximum atomic E-state index is 12.4. The molecule has 0 unspecified atom stereocenters. The van der Waals surface area contributed by atoms with Gasteiger partial charge in [-0.05, 0) is 37.0 Å². The number of nitrogens with two attached hydrogens (primary N) is 1. The van der Waals surface area contributed by atoms with Gasteiger partial charge in [-0.1, -0.05) is 20.8 Å². The molecule has 2 aliphatic rings. The quantitative estimate of drug-likeness (QED) is 0.861. The third-order valence-corrected chi connectivity index (χ3v) is 5.05. The molecule has 126 valence electrons. The fourth-order valence-corrected chi connectivity index (χ4v) is 3.27. The number of rotatable bonds is 3. The molecule has 0 aliphatic carbocycles. The molecule has 0 aromatic carbocycles. The first kappa shape index (κ1) is 17.3. The molecule has 2 rings (SSSR count). The number of piperidine rings is 1. The first-order chi connectivity index (χ1) is 10.3. The molecule has 0 spiro atoms. The molecule has 0 radical (unpaired) electrons. The maximum absolute atomic E-state index is 12.4. The summed E-state index contributed by atoms with van der Waals surface area (Å²) in [5.74, 6) is 0.772. The van der Waals surface area contributed by atoms with Crippen molar-refractivity contribution in [3.8, 4) is 0 Å². The second-order valence-electron chi connectivity index (χ2n) is 7.90. The van der Waals surface area contributed by atoms with Crippen LogP contribution in [-0.4, -0.2) is 53.8 Å². The van der Waals surface area contributed by atoms with Crippen LogP contribution in [0, 0.1) is 11.3 Å². The first-order valence-electron chi connectivity index (χ1n) is 8.61. The molecule has 1 atom stereocenters. The molecule has 2 fully saturated rings. The Bertz CT molecular complexity index is 403. The largest absolute Gasteiger partial charge is 0.343 e. The highest BCUT2D eigenvalue weighted by Gasteiger charge is 2.33. The molecule has 2 amide bonds. The van der Waals surface area contributed by atoms with E-state index in [1.165, 1.54) is 0 Å². The van der Waals surface area contributed by atoms with E-state index in [-0.39, 0.29) is 11.3 Å². The average molecular weight is 309 g/mol. The van der Waals surface area contributed by atoms with Gasteiger partial charge in [-0.15, -0.1) is 0 Å². The second-order valence-corrected chi connectivity index (χ2v) is 7.90. The van der Waals surface area contributed by atoms with Crippen molar-refractivity contribution in [2.24, 2.45) is 17.1 Å². The maximum Gasteiger partial charge on any atom is 0.240 e. The van der Waals surface area contributed by atoms with E-state index in [1.54, 1.807) is 0 Å². The summed E-state index contributed by atoms with van der Waals surface area (Å²) in [5.41, 5.74) is 5.86. The Hall–Kier alpha value is -1.10. The molecule has 2 N–H and O–H groups in total. The number of nitrogens with zero attached hydrogens (tertiary/aromatic N) is 2. The van der Waals surface area contributed by atoms with E-state index in [0.717, 1.165) is 51.9 Å². The number of carbonyl (C=O) groups is 2. The number of carbonyl (C=O) groups excluding carboxylic acids is 2. The summed E-state index contributed by atoms with van der Waals surface area (Å²) in [6.45, 7) is 9.32. The predicted octanol–water partition coefficient (Wildman–Crippen LogP) is 1.61. The van der Waals surface area contributed by atoms with E-state index in [9.17, 15) is 9.59 Å². The van der Waals surface area contributed by atoms with Crippen molar-refractivity contribution in [3.05, 3.63) is 0 Å². The molecule has 5 nitrogen and oxygen atoms in total. The monoisotopic (exact) mass is 309 g/mol.